The van der Waals surface area contributed by atoms with E-state index in [9.17, 15) is 0 Å². The van der Waals surface area contributed by atoms with E-state index in [-0.39, 0.29) is 12.3 Å². The van der Waals surface area contributed by atoms with Crippen LogP contribution in [0.25, 0.3) is 0 Å². The molecule has 0 fully saturated rings. The molecule has 1 atom stereocenters. The number of halogens is 3. The van der Waals surface area contributed by atoms with Crippen LogP contribution in [-0.2, 0) is 0 Å². The first-order chi connectivity index (χ1) is 5.08. The van der Waals surface area contributed by atoms with E-state index in [1.165, 1.54) is 0 Å². The lowest BCUT2D eigenvalue weighted by atomic mass is 10.1. The van der Waals surface area contributed by atoms with Crippen LogP contribution in [0.3, 0.4) is 0 Å². The highest BCUT2D eigenvalue weighted by atomic mass is 35.5. The van der Waals surface area contributed by atoms with Crippen LogP contribution in [0.4, 0.5) is 0 Å². The SMILES string of the molecule is N#CC(Cl)(C#N)CC(Cl)CCl. The first-order valence-corrected chi connectivity index (χ1v) is 4.14. The highest BCUT2D eigenvalue weighted by Gasteiger charge is 2.29. The van der Waals surface area contributed by atoms with Crippen molar-refractivity contribution in [1.29, 1.82) is 10.5 Å². The summed E-state index contributed by atoms with van der Waals surface area (Å²) in [4.78, 5) is -1.53. The van der Waals surface area contributed by atoms with Crippen LogP contribution in [0.15, 0.2) is 0 Å². The molecule has 0 amide bonds. The largest absolute Gasteiger partial charge is 0.217 e. The topological polar surface area (TPSA) is 47.6 Å². The average molecular weight is 211 g/mol. The van der Waals surface area contributed by atoms with E-state index in [1.54, 1.807) is 12.1 Å². The lowest BCUT2D eigenvalue weighted by Crippen LogP contribution is -2.22. The lowest BCUT2D eigenvalue weighted by Gasteiger charge is -2.11. The van der Waals surface area contributed by atoms with Gasteiger partial charge >= 0.3 is 0 Å². The average Bonchev–Trinajstić information content (AvgIpc) is 2.04. The predicted molar refractivity (Wildman–Crippen MR) is 44.8 cm³/mol. The Hall–Kier alpha value is -0.150. The second-order valence-corrected chi connectivity index (χ2v) is 3.55. The first kappa shape index (κ1) is 10.8. The second kappa shape index (κ2) is 4.67. The molecule has 0 aliphatic rings. The van der Waals surface area contributed by atoms with E-state index in [0.29, 0.717) is 0 Å². The smallest absolute Gasteiger partial charge is 0.195 e. The summed E-state index contributed by atoms with van der Waals surface area (Å²) in [6.45, 7) is 0. The number of nitrogens with zero attached hydrogens (tertiary/aromatic N) is 2. The summed E-state index contributed by atoms with van der Waals surface area (Å²) >= 11 is 16.5. The number of hydrogen-bond acceptors (Lipinski definition) is 2. The van der Waals surface area contributed by atoms with Crippen LogP contribution in [0.2, 0.25) is 0 Å². The molecule has 0 heterocycles. The summed E-state index contributed by atoms with van der Waals surface area (Å²) in [5.74, 6) is 0.180. The van der Waals surface area contributed by atoms with Crippen molar-refractivity contribution in [3.63, 3.8) is 0 Å². The van der Waals surface area contributed by atoms with Gasteiger partial charge in [0.15, 0.2) is 0 Å². The Labute approximate surface area is 80.3 Å². The van der Waals surface area contributed by atoms with Crippen molar-refractivity contribution in [3.8, 4) is 12.1 Å². The van der Waals surface area contributed by atoms with Crippen molar-refractivity contribution < 1.29 is 0 Å². The van der Waals surface area contributed by atoms with Gasteiger partial charge in [0.1, 0.15) is 12.1 Å². The van der Waals surface area contributed by atoms with E-state index < -0.39 is 10.3 Å². The van der Waals surface area contributed by atoms with Gasteiger partial charge in [-0.15, -0.1) is 23.2 Å². The third kappa shape index (κ3) is 3.68. The van der Waals surface area contributed by atoms with Gasteiger partial charge in [-0.25, -0.2) is 0 Å². The number of nitriles is 2. The summed E-state index contributed by atoms with van der Waals surface area (Å²) in [5, 5.41) is 16.4. The number of alkyl halides is 3. The number of rotatable bonds is 3. The maximum atomic E-state index is 8.42. The quantitative estimate of drug-likeness (QED) is 0.672. The predicted octanol–water partition coefficient (Wildman–Crippen LogP) is 2.25. The van der Waals surface area contributed by atoms with Gasteiger partial charge in [0.2, 0.25) is 4.87 Å². The lowest BCUT2D eigenvalue weighted by molar-refractivity contribution is 0.753. The Morgan fingerprint density at radius 2 is 1.82 bits per heavy atom. The Morgan fingerprint density at radius 1 is 1.36 bits per heavy atom. The summed E-state index contributed by atoms with van der Waals surface area (Å²) in [6, 6.07) is 3.31. The van der Waals surface area contributed by atoms with Gasteiger partial charge in [0.25, 0.3) is 0 Å². The first-order valence-electron chi connectivity index (χ1n) is 2.79. The standard InChI is InChI=1S/C6H5Cl3N2/c7-2-5(8)1-6(9,3-10)4-11/h5H,1-2H2. The Balaban J connectivity index is 4.14. The molecule has 0 aromatic heterocycles. The zero-order chi connectivity index (χ0) is 8.91. The summed E-state index contributed by atoms with van der Waals surface area (Å²) in [5.41, 5.74) is 0. The third-order valence-electron chi connectivity index (χ3n) is 1.02. The van der Waals surface area contributed by atoms with Gasteiger partial charge in [-0.2, -0.15) is 10.5 Å². The highest BCUT2D eigenvalue weighted by molar-refractivity contribution is 6.31. The Kier molecular flexibility index (Phi) is 4.61. The van der Waals surface area contributed by atoms with Crippen LogP contribution in [0.5, 0.6) is 0 Å². The van der Waals surface area contributed by atoms with Gasteiger partial charge < -0.3 is 0 Å². The fraction of sp³-hybridized carbons (Fsp3) is 0.667. The molecule has 0 aromatic carbocycles. The minimum Gasteiger partial charge on any atom is -0.195 e. The minimum absolute atomic E-state index is 0.0760. The van der Waals surface area contributed by atoms with Gasteiger partial charge in [-0.3, -0.25) is 0 Å². The molecule has 0 rings (SSSR count). The van der Waals surface area contributed by atoms with Gasteiger partial charge in [0.05, 0.1) is 5.38 Å². The maximum absolute atomic E-state index is 8.42. The summed E-state index contributed by atoms with van der Waals surface area (Å²) in [6.07, 6.45) is 0.0760. The molecular formula is C6H5Cl3N2. The molecule has 0 aliphatic carbocycles. The molecule has 0 saturated heterocycles. The van der Waals surface area contributed by atoms with Crippen molar-refractivity contribution >= 4 is 34.8 Å². The maximum Gasteiger partial charge on any atom is 0.217 e. The van der Waals surface area contributed by atoms with Gasteiger partial charge in [-0.1, -0.05) is 11.6 Å². The van der Waals surface area contributed by atoms with E-state index in [1.807, 2.05) is 0 Å². The van der Waals surface area contributed by atoms with Crippen molar-refractivity contribution in [2.45, 2.75) is 16.7 Å². The molecule has 0 saturated carbocycles. The molecule has 2 nitrogen and oxygen atoms in total. The molecule has 11 heavy (non-hydrogen) atoms. The molecule has 0 N–H and O–H groups in total. The molecule has 0 spiro atoms. The monoisotopic (exact) mass is 210 g/mol. The molecule has 1 unspecified atom stereocenters. The van der Waals surface area contributed by atoms with Gasteiger partial charge in [0, 0.05) is 12.3 Å². The van der Waals surface area contributed by atoms with Crippen molar-refractivity contribution in [2.24, 2.45) is 0 Å². The summed E-state index contributed by atoms with van der Waals surface area (Å²) in [7, 11) is 0. The second-order valence-electron chi connectivity index (χ2n) is 1.98. The van der Waals surface area contributed by atoms with Crippen LogP contribution in [-0.4, -0.2) is 16.1 Å². The van der Waals surface area contributed by atoms with Crippen molar-refractivity contribution in [3.05, 3.63) is 0 Å². The van der Waals surface area contributed by atoms with E-state index >= 15 is 0 Å². The highest BCUT2D eigenvalue weighted by Crippen LogP contribution is 2.22. The molecule has 0 radical (unpaired) electrons. The van der Waals surface area contributed by atoms with E-state index in [4.69, 9.17) is 45.3 Å². The van der Waals surface area contributed by atoms with Crippen LogP contribution in [0, 0.1) is 22.7 Å². The molecule has 0 aliphatic heterocycles. The van der Waals surface area contributed by atoms with Crippen LogP contribution in [0.1, 0.15) is 6.42 Å². The normalized spacial score (nSPS) is 13.2. The van der Waals surface area contributed by atoms with E-state index in [2.05, 4.69) is 0 Å². The molecule has 5 heteroatoms. The Bertz CT molecular complexity index is 189. The zero-order valence-electron chi connectivity index (χ0n) is 5.52. The third-order valence-corrected chi connectivity index (χ3v) is 2.19. The minimum atomic E-state index is -1.53. The molecule has 0 bridgehead atoms. The fourth-order valence-corrected chi connectivity index (χ4v) is 1.08. The van der Waals surface area contributed by atoms with Crippen molar-refractivity contribution in [2.75, 3.05) is 5.88 Å². The molecular weight excluding hydrogens is 206 g/mol. The van der Waals surface area contributed by atoms with Crippen LogP contribution >= 0.6 is 34.8 Å². The summed E-state index contributed by atoms with van der Waals surface area (Å²) < 4.78 is 0. The van der Waals surface area contributed by atoms with Crippen LogP contribution < -0.4 is 0 Å². The Morgan fingerprint density at radius 3 is 2.09 bits per heavy atom. The van der Waals surface area contributed by atoms with Crippen molar-refractivity contribution in [1.82, 2.24) is 0 Å². The van der Waals surface area contributed by atoms with Gasteiger partial charge in [-0.05, 0) is 0 Å². The zero-order valence-corrected chi connectivity index (χ0v) is 7.79. The fourth-order valence-electron chi connectivity index (χ4n) is 0.476. The molecule has 60 valence electrons. The number of hydrogen-bond donors (Lipinski definition) is 0. The molecule has 0 aromatic rings. The van der Waals surface area contributed by atoms with E-state index in [0.717, 1.165) is 0 Å².